The Kier molecular flexibility index (Phi) is 6.04. The van der Waals surface area contributed by atoms with E-state index in [1.165, 1.54) is 6.07 Å². The molecule has 0 aliphatic rings. The van der Waals surface area contributed by atoms with Gasteiger partial charge in [-0.25, -0.2) is 4.79 Å². The van der Waals surface area contributed by atoms with Crippen molar-refractivity contribution in [2.75, 3.05) is 11.9 Å². The van der Waals surface area contributed by atoms with E-state index in [-0.39, 0.29) is 12.5 Å². The van der Waals surface area contributed by atoms with Crippen LogP contribution in [0.15, 0.2) is 51.7 Å². The van der Waals surface area contributed by atoms with Gasteiger partial charge >= 0.3 is 5.63 Å². The Bertz CT molecular complexity index is 1050. The van der Waals surface area contributed by atoms with Gasteiger partial charge in [0.2, 0.25) is 0 Å². The monoisotopic (exact) mass is 405 g/mol. The molecule has 7 heteroatoms. The Hall–Kier alpha value is -2.50. The van der Waals surface area contributed by atoms with Crippen LogP contribution in [0.1, 0.15) is 18.9 Å². The molecule has 1 amide bonds. The number of benzene rings is 2. The summed E-state index contributed by atoms with van der Waals surface area (Å²) in [6, 6.07) is 11.5. The summed E-state index contributed by atoms with van der Waals surface area (Å²) in [6.45, 7) is 1.84. The fraction of sp³-hybridized carbons (Fsp3) is 0.200. The average Bonchev–Trinajstić information content (AvgIpc) is 2.63. The second-order valence-electron chi connectivity index (χ2n) is 5.96. The molecule has 1 heterocycles. The van der Waals surface area contributed by atoms with Crippen LogP contribution in [-0.2, 0) is 11.2 Å². The van der Waals surface area contributed by atoms with Crippen LogP contribution in [0.3, 0.4) is 0 Å². The largest absolute Gasteiger partial charge is 0.484 e. The lowest BCUT2D eigenvalue weighted by molar-refractivity contribution is -0.118. The fourth-order valence-corrected chi connectivity index (χ4v) is 2.99. The van der Waals surface area contributed by atoms with Gasteiger partial charge in [0.15, 0.2) is 6.61 Å². The van der Waals surface area contributed by atoms with Crippen LogP contribution in [0.5, 0.6) is 5.75 Å². The van der Waals surface area contributed by atoms with Gasteiger partial charge in [0.05, 0.1) is 10.0 Å². The topological polar surface area (TPSA) is 68.5 Å². The quantitative estimate of drug-likeness (QED) is 0.581. The van der Waals surface area contributed by atoms with Crippen molar-refractivity contribution in [2.45, 2.75) is 19.8 Å². The molecule has 0 radical (unpaired) electrons. The third kappa shape index (κ3) is 4.81. The molecule has 27 heavy (non-hydrogen) atoms. The lowest BCUT2D eigenvalue weighted by Gasteiger charge is -2.09. The summed E-state index contributed by atoms with van der Waals surface area (Å²) in [4.78, 5) is 23.8. The van der Waals surface area contributed by atoms with E-state index in [9.17, 15) is 9.59 Å². The highest BCUT2D eigenvalue weighted by Crippen LogP contribution is 2.25. The van der Waals surface area contributed by atoms with E-state index in [2.05, 4.69) is 5.32 Å². The van der Waals surface area contributed by atoms with Gasteiger partial charge in [-0.05, 0) is 42.3 Å². The second kappa shape index (κ2) is 8.46. The van der Waals surface area contributed by atoms with Crippen LogP contribution in [0, 0.1) is 0 Å². The van der Waals surface area contributed by atoms with Gasteiger partial charge < -0.3 is 14.5 Å². The number of hydrogen-bond acceptors (Lipinski definition) is 4. The van der Waals surface area contributed by atoms with E-state index in [0.29, 0.717) is 27.1 Å². The lowest BCUT2D eigenvalue weighted by Crippen LogP contribution is -2.20. The maximum absolute atomic E-state index is 12.1. The van der Waals surface area contributed by atoms with E-state index < -0.39 is 5.63 Å². The molecule has 3 rings (SSSR count). The van der Waals surface area contributed by atoms with E-state index in [1.807, 2.05) is 13.0 Å². The number of nitrogens with one attached hydrogen (secondary N) is 1. The van der Waals surface area contributed by atoms with Gasteiger partial charge in [-0.15, -0.1) is 0 Å². The van der Waals surface area contributed by atoms with Gasteiger partial charge in [0.1, 0.15) is 11.3 Å². The Balaban J connectivity index is 1.70. The highest BCUT2D eigenvalue weighted by Gasteiger charge is 2.09. The number of rotatable bonds is 6. The van der Waals surface area contributed by atoms with Crippen LogP contribution in [-0.4, -0.2) is 12.5 Å². The molecule has 3 aromatic rings. The summed E-state index contributed by atoms with van der Waals surface area (Å²) < 4.78 is 10.8. The summed E-state index contributed by atoms with van der Waals surface area (Å²) in [5.74, 6) is 0.0817. The highest BCUT2D eigenvalue weighted by molar-refractivity contribution is 6.42. The third-order valence-corrected chi connectivity index (χ3v) is 4.63. The minimum atomic E-state index is -0.402. The number of halogens is 2. The standard InChI is InChI=1S/C20H17Cl2NO4/c1-2-3-12-8-20(25)27-18-10-14(5-6-15(12)18)26-11-19(24)23-13-4-7-16(21)17(22)9-13/h4-10H,2-3,11H2,1H3,(H,23,24). The number of carbonyl (C=O) groups is 1. The Labute approximate surface area is 165 Å². The first kappa shape index (κ1) is 19.3. The van der Waals surface area contributed by atoms with Crippen LogP contribution in [0.25, 0.3) is 11.0 Å². The number of ether oxygens (including phenoxy) is 1. The van der Waals surface area contributed by atoms with Crippen molar-refractivity contribution in [3.63, 3.8) is 0 Å². The Morgan fingerprint density at radius 3 is 2.67 bits per heavy atom. The lowest BCUT2D eigenvalue weighted by atomic mass is 10.1. The van der Waals surface area contributed by atoms with Crippen molar-refractivity contribution in [3.8, 4) is 5.75 Å². The maximum Gasteiger partial charge on any atom is 0.336 e. The fourth-order valence-electron chi connectivity index (χ4n) is 2.70. The van der Waals surface area contributed by atoms with Crippen LogP contribution >= 0.6 is 23.2 Å². The maximum atomic E-state index is 12.1. The smallest absolute Gasteiger partial charge is 0.336 e. The van der Waals surface area contributed by atoms with Crippen molar-refractivity contribution < 1.29 is 13.9 Å². The zero-order chi connectivity index (χ0) is 19.4. The van der Waals surface area contributed by atoms with E-state index in [4.69, 9.17) is 32.4 Å². The molecule has 0 saturated heterocycles. The van der Waals surface area contributed by atoms with Crippen LogP contribution in [0.2, 0.25) is 10.0 Å². The third-order valence-electron chi connectivity index (χ3n) is 3.89. The van der Waals surface area contributed by atoms with Crippen LogP contribution in [0.4, 0.5) is 5.69 Å². The summed E-state index contributed by atoms with van der Waals surface area (Å²) in [6.07, 6.45) is 1.71. The SMILES string of the molecule is CCCc1cc(=O)oc2cc(OCC(=O)Nc3ccc(Cl)c(Cl)c3)ccc12. The molecule has 0 spiro atoms. The molecule has 2 aromatic carbocycles. The number of hydrogen-bond donors (Lipinski definition) is 1. The second-order valence-corrected chi connectivity index (χ2v) is 6.78. The van der Waals surface area contributed by atoms with E-state index in [0.717, 1.165) is 23.8 Å². The molecule has 5 nitrogen and oxygen atoms in total. The highest BCUT2D eigenvalue weighted by atomic mass is 35.5. The van der Waals surface area contributed by atoms with Crippen molar-refractivity contribution in [3.05, 3.63) is 68.5 Å². The molecule has 0 unspecified atom stereocenters. The molecule has 0 atom stereocenters. The van der Waals surface area contributed by atoms with Crippen molar-refractivity contribution >= 4 is 45.8 Å². The van der Waals surface area contributed by atoms with E-state index >= 15 is 0 Å². The summed E-state index contributed by atoms with van der Waals surface area (Å²) in [5, 5.41) is 4.29. The van der Waals surface area contributed by atoms with Crippen molar-refractivity contribution in [2.24, 2.45) is 0 Å². The summed E-state index contributed by atoms with van der Waals surface area (Å²) in [5.41, 5.74) is 1.49. The first-order valence-electron chi connectivity index (χ1n) is 8.40. The Morgan fingerprint density at radius 2 is 1.93 bits per heavy atom. The first-order chi connectivity index (χ1) is 13.0. The van der Waals surface area contributed by atoms with Crippen molar-refractivity contribution in [1.82, 2.24) is 0 Å². The molecule has 0 bridgehead atoms. The minimum absolute atomic E-state index is 0.204. The van der Waals surface area contributed by atoms with Gasteiger partial charge in [0.25, 0.3) is 5.91 Å². The molecular weight excluding hydrogens is 389 g/mol. The van der Waals surface area contributed by atoms with Gasteiger partial charge in [-0.1, -0.05) is 36.5 Å². The molecule has 0 fully saturated rings. The minimum Gasteiger partial charge on any atom is -0.484 e. The molecule has 140 valence electrons. The molecule has 0 aliphatic heterocycles. The first-order valence-corrected chi connectivity index (χ1v) is 9.16. The zero-order valence-corrected chi connectivity index (χ0v) is 16.1. The summed E-state index contributed by atoms with van der Waals surface area (Å²) in [7, 11) is 0. The number of carbonyl (C=O) groups excluding carboxylic acids is 1. The molecule has 0 aliphatic carbocycles. The van der Waals surface area contributed by atoms with Crippen LogP contribution < -0.4 is 15.7 Å². The molecule has 1 aromatic heterocycles. The van der Waals surface area contributed by atoms with Crippen molar-refractivity contribution in [1.29, 1.82) is 0 Å². The Morgan fingerprint density at radius 1 is 1.11 bits per heavy atom. The normalized spacial score (nSPS) is 10.8. The van der Waals surface area contributed by atoms with Gasteiger partial charge in [0, 0.05) is 23.2 Å². The molecule has 0 saturated carbocycles. The van der Waals surface area contributed by atoms with Gasteiger partial charge in [-0.2, -0.15) is 0 Å². The average molecular weight is 406 g/mol. The number of fused-ring (bicyclic) bond motifs is 1. The predicted molar refractivity (Wildman–Crippen MR) is 107 cm³/mol. The molecular formula is C20H17Cl2NO4. The van der Waals surface area contributed by atoms with Gasteiger partial charge in [-0.3, -0.25) is 4.79 Å². The molecule has 1 N–H and O–H groups in total. The number of anilines is 1. The number of amides is 1. The predicted octanol–water partition coefficient (Wildman–Crippen LogP) is 5.07. The zero-order valence-electron chi connectivity index (χ0n) is 14.6. The van der Waals surface area contributed by atoms with E-state index in [1.54, 1.807) is 30.3 Å². The summed E-state index contributed by atoms with van der Waals surface area (Å²) >= 11 is 11.8. The number of aryl methyl sites for hydroxylation is 1.